The Kier molecular flexibility index (Phi) is 9.93. The molecule has 1 aromatic heterocycles. The highest BCUT2D eigenvalue weighted by Crippen LogP contribution is 2.28. The number of amides is 1. The first-order chi connectivity index (χ1) is 17.1. The van der Waals surface area contributed by atoms with Gasteiger partial charge in [0.2, 0.25) is 5.88 Å². The zero-order valence-corrected chi connectivity index (χ0v) is 21.0. The van der Waals surface area contributed by atoms with Crippen LogP contribution in [0.15, 0.2) is 60.7 Å². The predicted octanol–water partition coefficient (Wildman–Crippen LogP) is 4.46. The number of ether oxygens (including phenoxy) is 3. The van der Waals surface area contributed by atoms with Gasteiger partial charge in [-0.05, 0) is 49.0 Å². The van der Waals surface area contributed by atoms with E-state index in [1.807, 2.05) is 60.7 Å². The molecule has 0 radical (unpaired) electrons. The molecule has 7 nitrogen and oxygen atoms in total. The molecular weight excluding hydrogens is 442 g/mol. The fourth-order valence-corrected chi connectivity index (χ4v) is 3.75. The zero-order chi connectivity index (χ0) is 25.0. The maximum atomic E-state index is 12.6. The second kappa shape index (κ2) is 13.3. The minimum Gasteiger partial charge on any atom is -0.493 e. The number of rotatable bonds is 13. The first kappa shape index (κ1) is 26.0. The monoisotopic (exact) mass is 477 g/mol. The van der Waals surface area contributed by atoms with Crippen molar-refractivity contribution in [3.63, 3.8) is 0 Å². The molecule has 35 heavy (non-hydrogen) atoms. The topological polar surface area (TPSA) is 72.9 Å². The molecule has 0 atom stereocenters. The largest absolute Gasteiger partial charge is 0.493 e. The standard InChI is InChI=1S/C28H35N3O4/c1-5-31(6-2)17-16-29-28(32)23-10-7-9-22(20-23)24-11-8-12-27(30-24)35-18-15-21-13-14-25(33-3)26(19-21)34-4/h7-14,19-20H,5-6,15-18H2,1-4H3,(H,29,32). The lowest BCUT2D eigenvalue weighted by Crippen LogP contribution is -2.34. The lowest BCUT2D eigenvalue weighted by Gasteiger charge is -2.18. The highest BCUT2D eigenvalue weighted by Gasteiger charge is 2.10. The lowest BCUT2D eigenvalue weighted by atomic mass is 10.1. The van der Waals surface area contributed by atoms with Gasteiger partial charge in [-0.2, -0.15) is 0 Å². The first-order valence-electron chi connectivity index (χ1n) is 12.0. The van der Waals surface area contributed by atoms with Crippen molar-refractivity contribution in [1.29, 1.82) is 0 Å². The fourth-order valence-electron chi connectivity index (χ4n) is 3.75. The number of nitrogens with one attached hydrogen (secondary N) is 1. The van der Waals surface area contributed by atoms with Crippen LogP contribution in [0.3, 0.4) is 0 Å². The molecule has 1 amide bonds. The number of carbonyl (C=O) groups is 1. The number of pyridine rings is 1. The molecule has 0 aliphatic heterocycles. The van der Waals surface area contributed by atoms with Crippen molar-refractivity contribution in [1.82, 2.24) is 15.2 Å². The summed E-state index contributed by atoms with van der Waals surface area (Å²) in [5, 5.41) is 3.00. The van der Waals surface area contributed by atoms with E-state index in [-0.39, 0.29) is 5.91 Å². The third-order valence-electron chi connectivity index (χ3n) is 5.84. The van der Waals surface area contributed by atoms with Gasteiger partial charge in [0, 0.05) is 36.7 Å². The molecule has 0 aliphatic carbocycles. The van der Waals surface area contributed by atoms with E-state index in [0.717, 1.165) is 36.5 Å². The van der Waals surface area contributed by atoms with Crippen LogP contribution in [0.2, 0.25) is 0 Å². The third-order valence-corrected chi connectivity index (χ3v) is 5.84. The average Bonchev–Trinajstić information content (AvgIpc) is 2.91. The summed E-state index contributed by atoms with van der Waals surface area (Å²) in [6.45, 7) is 8.11. The van der Waals surface area contributed by atoms with Gasteiger partial charge < -0.3 is 24.4 Å². The van der Waals surface area contributed by atoms with Crippen molar-refractivity contribution in [3.05, 3.63) is 71.8 Å². The van der Waals surface area contributed by atoms with Crippen molar-refractivity contribution in [2.24, 2.45) is 0 Å². The Morgan fingerprint density at radius 1 is 0.943 bits per heavy atom. The minimum absolute atomic E-state index is 0.0821. The number of aromatic nitrogens is 1. The third kappa shape index (κ3) is 7.45. The van der Waals surface area contributed by atoms with E-state index >= 15 is 0 Å². The van der Waals surface area contributed by atoms with Gasteiger partial charge in [-0.25, -0.2) is 4.98 Å². The highest BCUT2D eigenvalue weighted by molar-refractivity contribution is 5.95. The van der Waals surface area contributed by atoms with E-state index < -0.39 is 0 Å². The van der Waals surface area contributed by atoms with Crippen molar-refractivity contribution in [2.45, 2.75) is 20.3 Å². The van der Waals surface area contributed by atoms with Crippen LogP contribution >= 0.6 is 0 Å². The summed E-state index contributed by atoms with van der Waals surface area (Å²) in [6.07, 6.45) is 0.704. The molecule has 1 N–H and O–H groups in total. The van der Waals surface area contributed by atoms with Crippen LogP contribution in [0.25, 0.3) is 11.3 Å². The van der Waals surface area contributed by atoms with Crippen LogP contribution in [0, 0.1) is 0 Å². The Morgan fingerprint density at radius 2 is 1.71 bits per heavy atom. The van der Waals surface area contributed by atoms with Crippen LogP contribution in [0.1, 0.15) is 29.8 Å². The summed E-state index contributed by atoms with van der Waals surface area (Å²) in [4.78, 5) is 19.5. The van der Waals surface area contributed by atoms with Gasteiger partial charge in [0.25, 0.3) is 5.91 Å². The highest BCUT2D eigenvalue weighted by atomic mass is 16.5. The molecular formula is C28H35N3O4. The van der Waals surface area contributed by atoms with E-state index in [2.05, 4.69) is 29.0 Å². The first-order valence-corrected chi connectivity index (χ1v) is 12.0. The minimum atomic E-state index is -0.0821. The van der Waals surface area contributed by atoms with Gasteiger partial charge in [0.1, 0.15) is 0 Å². The summed E-state index contributed by atoms with van der Waals surface area (Å²) in [6, 6.07) is 19.0. The number of methoxy groups -OCH3 is 2. The van der Waals surface area contributed by atoms with Crippen molar-refractivity contribution < 1.29 is 19.0 Å². The lowest BCUT2D eigenvalue weighted by molar-refractivity contribution is 0.0949. The van der Waals surface area contributed by atoms with Gasteiger partial charge >= 0.3 is 0 Å². The number of carbonyl (C=O) groups excluding carboxylic acids is 1. The van der Waals surface area contributed by atoms with Crippen molar-refractivity contribution >= 4 is 5.91 Å². The van der Waals surface area contributed by atoms with Crippen molar-refractivity contribution in [2.75, 3.05) is 47.0 Å². The molecule has 0 aliphatic rings. The molecule has 3 rings (SSSR count). The molecule has 3 aromatic rings. The Hall–Kier alpha value is -3.58. The summed E-state index contributed by atoms with van der Waals surface area (Å²) >= 11 is 0. The molecule has 7 heteroatoms. The fraction of sp³-hybridized carbons (Fsp3) is 0.357. The summed E-state index contributed by atoms with van der Waals surface area (Å²) in [5.41, 5.74) is 3.32. The smallest absolute Gasteiger partial charge is 0.251 e. The SMILES string of the molecule is CCN(CC)CCNC(=O)c1cccc(-c2cccc(OCCc3ccc(OC)c(OC)c3)n2)c1. The second-order valence-corrected chi connectivity index (χ2v) is 8.01. The van der Waals surface area contributed by atoms with E-state index in [1.54, 1.807) is 14.2 Å². The molecule has 0 saturated heterocycles. The number of hydrogen-bond acceptors (Lipinski definition) is 6. The predicted molar refractivity (Wildman–Crippen MR) is 139 cm³/mol. The zero-order valence-electron chi connectivity index (χ0n) is 21.0. The van der Waals surface area contributed by atoms with Crippen molar-refractivity contribution in [3.8, 4) is 28.6 Å². The molecule has 1 heterocycles. The summed E-state index contributed by atoms with van der Waals surface area (Å²) in [5.74, 6) is 1.85. The molecule has 0 unspecified atom stereocenters. The number of hydrogen-bond donors (Lipinski definition) is 1. The maximum absolute atomic E-state index is 12.6. The van der Waals surface area contributed by atoms with Gasteiger partial charge in [0.15, 0.2) is 11.5 Å². The van der Waals surface area contributed by atoms with E-state index in [1.165, 1.54) is 0 Å². The normalized spacial score (nSPS) is 10.8. The van der Waals surface area contributed by atoms with E-state index in [4.69, 9.17) is 14.2 Å². The molecule has 0 bridgehead atoms. The molecule has 186 valence electrons. The van der Waals surface area contributed by atoms with E-state index in [0.29, 0.717) is 42.5 Å². The number of likely N-dealkylation sites (N-methyl/N-ethyl adjacent to an activating group) is 1. The van der Waals surface area contributed by atoms with Gasteiger partial charge in [-0.1, -0.05) is 38.1 Å². The molecule has 0 spiro atoms. The molecule has 0 fully saturated rings. The maximum Gasteiger partial charge on any atom is 0.251 e. The Labute approximate surface area is 208 Å². The second-order valence-electron chi connectivity index (χ2n) is 8.01. The summed E-state index contributed by atoms with van der Waals surface area (Å²) in [7, 11) is 3.24. The number of nitrogens with zero attached hydrogens (tertiary/aromatic N) is 2. The summed E-state index contributed by atoms with van der Waals surface area (Å²) < 4.78 is 16.6. The molecule has 0 saturated carbocycles. The van der Waals surface area contributed by atoms with Crippen LogP contribution in [-0.4, -0.2) is 62.8 Å². The Balaban J connectivity index is 1.60. The van der Waals surface area contributed by atoms with E-state index in [9.17, 15) is 4.79 Å². The number of benzene rings is 2. The van der Waals surface area contributed by atoms with Crippen LogP contribution < -0.4 is 19.5 Å². The molecule has 2 aromatic carbocycles. The Bertz CT molecular complexity index is 1100. The van der Waals surface area contributed by atoms with Crippen LogP contribution in [0.4, 0.5) is 0 Å². The quantitative estimate of drug-likeness (QED) is 0.392. The Morgan fingerprint density at radius 3 is 2.46 bits per heavy atom. The van der Waals surface area contributed by atoms with Gasteiger partial charge in [-0.3, -0.25) is 4.79 Å². The van der Waals surface area contributed by atoms with Crippen LogP contribution in [-0.2, 0) is 6.42 Å². The van der Waals surface area contributed by atoms with Gasteiger partial charge in [0.05, 0.1) is 26.5 Å². The van der Waals surface area contributed by atoms with Crippen LogP contribution in [0.5, 0.6) is 17.4 Å². The van der Waals surface area contributed by atoms with Gasteiger partial charge in [-0.15, -0.1) is 0 Å². The average molecular weight is 478 g/mol.